The Hall–Kier alpha value is -1.65. The Labute approximate surface area is 99.6 Å². The number of nitrogens with zero attached hydrogens (tertiary/aromatic N) is 1. The van der Waals surface area contributed by atoms with E-state index in [1.165, 1.54) is 0 Å². The lowest BCUT2D eigenvalue weighted by Gasteiger charge is -2.20. The van der Waals surface area contributed by atoms with Gasteiger partial charge in [-0.2, -0.15) is 0 Å². The third-order valence-electron chi connectivity index (χ3n) is 2.84. The molecule has 1 aromatic heterocycles. The summed E-state index contributed by atoms with van der Waals surface area (Å²) < 4.78 is 11.0. The average molecular weight is 230 g/mol. The molecule has 1 saturated heterocycles. The van der Waals surface area contributed by atoms with Crippen molar-refractivity contribution >= 4 is 0 Å². The van der Waals surface area contributed by atoms with Crippen LogP contribution in [0.25, 0.3) is 11.3 Å². The van der Waals surface area contributed by atoms with Crippen molar-refractivity contribution in [3.05, 3.63) is 42.2 Å². The molecular formula is C13H14N2O2. The Bertz CT molecular complexity index is 475. The highest BCUT2D eigenvalue weighted by molar-refractivity contribution is 5.58. The molecule has 0 radical (unpaired) electrons. The molecule has 0 aliphatic carbocycles. The van der Waals surface area contributed by atoms with E-state index in [9.17, 15) is 0 Å². The van der Waals surface area contributed by atoms with Gasteiger partial charge in [0.05, 0.1) is 6.61 Å². The van der Waals surface area contributed by atoms with Gasteiger partial charge in [0, 0.05) is 24.7 Å². The van der Waals surface area contributed by atoms with E-state index in [2.05, 4.69) is 10.5 Å². The Morgan fingerprint density at radius 2 is 2.12 bits per heavy atom. The standard InChI is InChI=1S/C13H14N2O2/c1-2-4-10(5-3-1)11-8-12(17-15-11)13-9-14-6-7-16-13/h1-5,8,13-14H,6-7,9H2. The molecule has 1 aliphatic heterocycles. The maximum absolute atomic E-state index is 5.62. The van der Waals surface area contributed by atoms with E-state index < -0.39 is 0 Å². The average Bonchev–Trinajstić information content (AvgIpc) is 2.90. The van der Waals surface area contributed by atoms with E-state index in [4.69, 9.17) is 9.26 Å². The molecule has 1 N–H and O–H groups in total. The van der Waals surface area contributed by atoms with Crippen molar-refractivity contribution in [1.82, 2.24) is 10.5 Å². The van der Waals surface area contributed by atoms with Crippen LogP contribution < -0.4 is 5.32 Å². The highest BCUT2D eigenvalue weighted by Gasteiger charge is 2.20. The zero-order chi connectivity index (χ0) is 11.5. The van der Waals surface area contributed by atoms with Crippen LogP contribution in [0.3, 0.4) is 0 Å². The number of aromatic nitrogens is 1. The summed E-state index contributed by atoms with van der Waals surface area (Å²) in [4.78, 5) is 0. The third-order valence-corrected chi connectivity index (χ3v) is 2.84. The van der Waals surface area contributed by atoms with Gasteiger partial charge in [-0.1, -0.05) is 35.5 Å². The molecule has 2 heterocycles. The second-order valence-corrected chi connectivity index (χ2v) is 4.04. The van der Waals surface area contributed by atoms with Crippen molar-refractivity contribution in [2.24, 2.45) is 0 Å². The highest BCUT2D eigenvalue weighted by Crippen LogP contribution is 2.24. The van der Waals surface area contributed by atoms with Crippen molar-refractivity contribution in [3.63, 3.8) is 0 Å². The molecule has 0 amide bonds. The lowest BCUT2D eigenvalue weighted by atomic mass is 10.1. The second kappa shape index (κ2) is 4.69. The van der Waals surface area contributed by atoms with Crippen LogP contribution in [0.1, 0.15) is 11.9 Å². The molecular weight excluding hydrogens is 216 g/mol. The summed E-state index contributed by atoms with van der Waals surface area (Å²) in [5.41, 5.74) is 1.92. The minimum Gasteiger partial charge on any atom is -0.367 e. The van der Waals surface area contributed by atoms with Gasteiger partial charge in [0.1, 0.15) is 11.8 Å². The monoisotopic (exact) mass is 230 g/mol. The predicted octanol–water partition coefficient (Wildman–Crippen LogP) is 2.00. The molecule has 1 unspecified atom stereocenters. The molecule has 0 spiro atoms. The maximum Gasteiger partial charge on any atom is 0.167 e. The van der Waals surface area contributed by atoms with Crippen molar-refractivity contribution in [2.45, 2.75) is 6.10 Å². The third kappa shape index (κ3) is 2.23. The van der Waals surface area contributed by atoms with Gasteiger partial charge in [0.25, 0.3) is 0 Å². The zero-order valence-electron chi connectivity index (χ0n) is 9.43. The first-order valence-corrected chi connectivity index (χ1v) is 5.78. The fourth-order valence-electron chi connectivity index (χ4n) is 1.93. The van der Waals surface area contributed by atoms with E-state index in [-0.39, 0.29) is 6.10 Å². The van der Waals surface area contributed by atoms with E-state index in [1.807, 2.05) is 36.4 Å². The lowest BCUT2D eigenvalue weighted by Crippen LogP contribution is -2.33. The summed E-state index contributed by atoms with van der Waals surface area (Å²) in [5, 5.41) is 7.35. The molecule has 4 heteroatoms. The Morgan fingerprint density at radius 1 is 1.24 bits per heavy atom. The lowest BCUT2D eigenvalue weighted by molar-refractivity contribution is 0.0109. The van der Waals surface area contributed by atoms with E-state index >= 15 is 0 Å². The maximum atomic E-state index is 5.62. The van der Waals surface area contributed by atoms with Gasteiger partial charge in [0.15, 0.2) is 5.76 Å². The van der Waals surface area contributed by atoms with Crippen LogP contribution in [0.5, 0.6) is 0 Å². The van der Waals surface area contributed by atoms with Gasteiger partial charge < -0.3 is 14.6 Å². The van der Waals surface area contributed by atoms with Gasteiger partial charge in [-0.05, 0) is 0 Å². The summed E-state index contributed by atoms with van der Waals surface area (Å²) in [5.74, 6) is 0.788. The molecule has 1 fully saturated rings. The molecule has 88 valence electrons. The minimum atomic E-state index is -0.0197. The summed E-state index contributed by atoms with van der Waals surface area (Å²) in [6.07, 6.45) is -0.0197. The van der Waals surface area contributed by atoms with Gasteiger partial charge in [-0.3, -0.25) is 0 Å². The van der Waals surface area contributed by atoms with Crippen LogP contribution in [0.4, 0.5) is 0 Å². The van der Waals surface area contributed by atoms with Gasteiger partial charge in [-0.25, -0.2) is 0 Å². The van der Waals surface area contributed by atoms with Crippen LogP contribution >= 0.6 is 0 Å². The topological polar surface area (TPSA) is 47.3 Å². The quantitative estimate of drug-likeness (QED) is 0.857. The van der Waals surface area contributed by atoms with Crippen LogP contribution in [0.2, 0.25) is 0 Å². The smallest absolute Gasteiger partial charge is 0.167 e. The van der Waals surface area contributed by atoms with Crippen LogP contribution in [0, 0.1) is 0 Å². The van der Waals surface area contributed by atoms with Crippen molar-refractivity contribution in [3.8, 4) is 11.3 Å². The molecule has 1 atom stereocenters. The van der Waals surface area contributed by atoms with Crippen LogP contribution in [-0.4, -0.2) is 24.9 Å². The fraction of sp³-hybridized carbons (Fsp3) is 0.308. The van der Waals surface area contributed by atoms with Gasteiger partial charge in [0.2, 0.25) is 0 Å². The van der Waals surface area contributed by atoms with Crippen molar-refractivity contribution < 1.29 is 9.26 Å². The van der Waals surface area contributed by atoms with Crippen molar-refractivity contribution in [2.75, 3.05) is 19.7 Å². The second-order valence-electron chi connectivity index (χ2n) is 4.04. The van der Waals surface area contributed by atoms with Crippen LogP contribution in [-0.2, 0) is 4.74 Å². The molecule has 0 bridgehead atoms. The van der Waals surface area contributed by atoms with E-state index in [0.29, 0.717) is 6.61 Å². The summed E-state index contributed by atoms with van der Waals surface area (Å²) >= 11 is 0. The fourth-order valence-corrected chi connectivity index (χ4v) is 1.93. The molecule has 4 nitrogen and oxygen atoms in total. The Balaban J connectivity index is 1.83. The summed E-state index contributed by atoms with van der Waals surface area (Å²) in [6.45, 7) is 2.39. The Kier molecular flexibility index (Phi) is 2.90. The number of nitrogens with one attached hydrogen (secondary N) is 1. The first kappa shape index (κ1) is 10.5. The van der Waals surface area contributed by atoms with Crippen molar-refractivity contribution in [1.29, 1.82) is 0 Å². The largest absolute Gasteiger partial charge is 0.367 e. The SMILES string of the molecule is c1ccc(-c2cc(C3CNCCO3)on2)cc1. The first-order chi connectivity index (χ1) is 8.43. The molecule has 17 heavy (non-hydrogen) atoms. The van der Waals surface area contributed by atoms with Gasteiger partial charge in [-0.15, -0.1) is 0 Å². The molecule has 1 aromatic carbocycles. The molecule has 2 aromatic rings. The number of ether oxygens (including phenoxy) is 1. The Morgan fingerprint density at radius 3 is 2.88 bits per heavy atom. The highest BCUT2D eigenvalue weighted by atomic mass is 16.5. The van der Waals surface area contributed by atoms with E-state index in [0.717, 1.165) is 30.1 Å². The minimum absolute atomic E-state index is 0.0197. The number of morpholine rings is 1. The number of rotatable bonds is 2. The molecule has 1 aliphatic rings. The number of benzene rings is 1. The normalized spacial score (nSPS) is 20.4. The summed E-state index contributed by atoms with van der Waals surface area (Å²) in [6, 6.07) is 11.9. The predicted molar refractivity (Wildman–Crippen MR) is 63.5 cm³/mol. The number of hydrogen-bond acceptors (Lipinski definition) is 4. The number of hydrogen-bond donors (Lipinski definition) is 1. The van der Waals surface area contributed by atoms with Gasteiger partial charge >= 0.3 is 0 Å². The zero-order valence-corrected chi connectivity index (χ0v) is 9.43. The molecule has 0 saturated carbocycles. The molecule has 3 rings (SSSR count). The van der Waals surface area contributed by atoms with E-state index in [1.54, 1.807) is 0 Å². The summed E-state index contributed by atoms with van der Waals surface area (Å²) in [7, 11) is 0. The van der Waals surface area contributed by atoms with Crippen LogP contribution in [0.15, 0.2) is 40.9 Å². The first-order valence-electron chi connectivity index (χ1n) is 5.78.